The highest BCUT2D eigenvalue weighted by molar-refractivity contribution is 5.36. The summed E-state index contributed by atoms with van der Waals surface area (Å²) in [5.41, 5.74) is -0.0960. The maximum atomic E-state index is 13.4. The van der Waals surface area contributed by atoms with Crippen LogP contribution in [0.3, 0.4) is 0 Å². The second kappa shape index (κ2) is 6.87. The molecule has 2 atom stereocenters. The Bertz CT molecular complexity index is 407. The lowest BCUT2D eigenvalue weighted by Gasteiger charge is -2.24. The van der Waals surface area contributed by atoms with Crippen LogP contribution in [0.2, 0.25) is 0 Å². The highest BCUT2D eigenvalue weighted by Crippen LogP contribution is 2.27. The third-order valence-electron chi connectivity index (χ3n) is 3.25. The van der Waals surface area contributed by atoms with Gasteiger partial charge in [0, 0.05) is 11.6 Å². The highest BCUT2D eigenvalue weighted by atomic mass is 19.1. The predicted molar refractivity (Wildman–Crippen MR) is 74.9 cm³/mol. The average molecular weight is 269 g/mol. The summed E-state index contributed by atoms with van der Waals surface area (Å²) in [5, 5.41) is 13.2. The van der Waals surface area contributed by atoms with Gasteiger partial charge in [-0.25, -0.2) is 4.39 Å². The molecule has 2 N–H and O–H groups in total. The average Bonchev–Trinajstić information content (AvgIpc) is 2.37. The van der Waals surface area contributed by atoms with Crippen LogP contribution < -0.4 is 10.1 Å². The van der Waals surface area contributed by atoms with Crippen molar-refractivity contribution in [2.45, 2.75) is 45.8 Å². The van der Waals surface area contributed by atoms with Crippen molar-refractivity contribution >= 4 is 0 Å². The molecule has 0 radical (unpaired) electrons. The van der Waals surface area contributed by atoms with Crippen LogP contribution in [0.25, 0.3) is 0 Å². The van der Waals surface area contributed by atoms with Crippen LogP contribution in [0.5, 0.6) is 5.75 Å². The van der Waals surface area contributed by atoms with E-state index < -0.39 is 5.60 Å². The van der Waals surface area contributed by atoms with E-state index in [4.69, 9.17) is 4.74 Å². The first kappa shape index (κ1) is 15.9. The first-order valence-electron chi connectivity index (χ1n) is 6.77. The third kappa shape index (κ3) is 4.80. The molecule has 0 heterocycles. The van der Waals surface area contributed by atoms with Crippen molar-refractivity contribution in [2.24, 2.45) is 0 Å². The van der Waals surface area contributed by atoms with Gasteiger partial charge in [-0.05, 0) is 45.0 Å². The van der Waals surface area contributed by atoms with Gasteiger partial charge in [-0.1, -0.05) is 13.8 Å². The summed E-state index contributed by atoms with van der Waals surface area (Å²) >= 11 is 0. The van der Waals surface area contributed by atoms with Crippen molar-refractivity contribution in [1.29, 1.82) is 0 Å². The summed E-state index contributed by atoms with van der Waals surface area (Å²) in [7, 11) is 0. The van der Waals surface area contributed by atoms with Crippen molar-refractivity contribution < 1.29 is 14.2 Å². The lowest BCUT2D eigenvalue weighted by atomic mass is 10.0. The topological polar surface area (TPSA) is 41.5 Å². The maximum Gasteiger partial charge on any atom is 0.124 e. The molecule has 0 aromatic heterocycles. The molecule has 108 valence electrons. The van der Waals surface area contributed by atoms with Crippen LogP contribution in [0.4, 0.5) is 4.39 Å². The standard InChI is InChI=1S/C15H24FNO2/c1-5-15(4,18)10-19-14-8-7-12(16)9-13(14)11(3)17-6-2/h7-9,11,17-18H,5-6,10H2,1-4H3. The fraction of sp³-hybridized carbons (Fsp3) is 0.600. The molecule has 2 unspecified atom stereocenters. The zero-order valence-electron chi connectivity index (χ0n) is 12.2. The van der Waals surface area contributed by atoms with Crippen molar-refractivity contribution in [1.82, 2.24) is 5.32 Å². The fourth-order valence-electron chi connectivity index (χ4n) is 1.74. The van der Waals surface area contributed by atoms with Crippen molar-refractivity contribution in [2.75, 3.05) is 13.2 Å². The Labute approximate surface area is 114 Å². The largest absolute Gasteiger partial charge is 0.490 e. The molecule has 1 rings (SSSR count). The Hall–Kier alpha value is -1.13. The zero-order chi connectivity index (χ0) is 14.5. The quantitative estimate of drug-likeness (QED) is 0.799. The van der Waals surface area contributed by atoms with E-state index in [0.717, 1.165) is 12.1 Å². The Morgan fingerprint density at radius 3 is 2.68 bits per heavy atom. The van der Waals surface area contributed by atoms with Crippen molar-refractivity contribution in [3.05, 3.63) is 29.6 Å². The van der Waals surface area contributed by atoms with E-state index in [1.54, 1.807) is 13.0 Å². The molecule has 1 aromatic carbocycles. The van der Waals surface area contributed by atoms with E-state index in [9.17, 15) is 9.50 Å². The minimum atomic E-state index is -0.868. The Balaban J connectivity index is 2.87. The first-order chi connectivity index (χ1) is 8.89. The summed E-state index contributed by atoms with van der Waals surface area (Å²) in [5.74, 6) is 0.331. The third-order valence-corrected chi connectivity index (χ3v) is 3.25. The lowest BCUT2D eigenvalue weighted by Crippen LogP contribution is -2.31. The molecule has 0 saturated carbocycles. The van der Waals surface area contributed by atoms with Crippen LogP contribution in [0.1, 0.15) is 45.7 Å². The van der Waals surface area contributed by atoms with Gasteiger partial charge in [0.2, 0.25) is 0 Å². The molecule has 4 heteroatoms. The Kier molecular flexibility index (Phi) is 5.76. The van der Waals surface area contributed by atoms with E-state index in [0.29, 0.717) is 12.2 Å². The number of benzene rings is 1. The number of halogens is 1. The smallest absolute Gasteiger partial charge is 0.124 e. The number of nitrogens with one attached hydrogen (secondary N) is 1. The Morgan fingerprint density at radius 2 is 2.11 bits per heavy atom. The maximum absolute atomic E-state index is 13.4. The van der Waals surface area contributed by atoms with Crippen LogP contribution in [-0.2, 0) is 0 Å². The predicted octanol–water partition coefficient (Wildman–Crippen LogP) is 3.04. The molecule has 19 heavy (non-hydrogen) atoms. The SMILES string of the molecule is CCNC(C)c1cc(F)ccc1OCC(C)(O)CC. The van der Waals surface area contributed by atoms with Crippen LogP contribution >= 0.6 is 0 Å². The second-order valence-corrected chi connectivity index (χ2v) is 5.10. The molecule has 0 aliphatic rings. The molecule has 0 fully saturated rings. The first-order valence-corrected chi connectivity index (χ1v) is 6.77. The second-order valence-electron chi connectivity index (χ2n) is 5.10. The van der Waals surface area contributed by atoms with E-state index in [1.165, 1.54) is 12.1 Å². The van der Waals surface area contributed by atoms with Gasteiger partial charge in [-0.15, -0.1) is 0 Å². The van der Waals surface area contributed by atoms with Crippen LogP contribution in [0.15, 0.2) is 18.2 Å². The zero-order valence-corrected chi connectivity index (χ0v) is 12.2. The number of hydrogen-bond donors (Lipinski definition) is 2. The minimum absolute atomic E-state index is 0.00211. The molecule has 0 amide bonds. The number of ether oxygens (including phenoxy) is 1. The van der Waals surface area contributed by atoms with Gasteiger partial charge >= 0.3 is 0 Å². The fourth-order valence-corrected chi connectivity index (χ4v) is 1.74. The van der Waals surface area contributed by atoms with Gasteiger partial charge in [-0.3, -0.25) is 0 Å². The molecule has 0 spiro atoms. The van der Waals surface area contributed by atoms with E-state index in [1.807, 2.05) is 20.8 Å². The number of aliphatic hydroxyl groups is 1. The van der Waals surface area contributed by atoms with Crippen LogP contribution in [0, 0.1) is 5.82 Å². The molecule has 0 saturated heterocycles. The molecule has 0 aliphatic heterocycles. The van der Waals surface area contributed by atoms with E-state index in [-0.39, 0.29) is 18.5 Å². The number of rotatable bonds is 7. The monoisotopic (exact) mass is 269 g/mol. The lowest BCUT2D eigenvalue weighted by molar-refractivity contribution is 0.00803. The van der Waals surface area contributed by atoms with Crippen molar-refractivity contribution in [3.8, 4) is 5.75 Å². The number of hydrogen-bond acceptors (Lipinski definition) is 3. The Morgan fingerprint density at radius 1 is 1.42 bits per heavy atom. The van der Waals surface area contributed by atoms with Crippen LogP contribution in [-0.4, -0.2) is 23.9 Å². The molecule has 1 aromatic rings. The summed E-state index contributed by atoms with van der Waals surface area (Å²) < 4.78 is 19.0. The van der Waals surface area contributed by atoms with Gasteiger partial charge in [-0.2, -0.15) is 0 Å². The molecule has 0 aliphatic carbocycles. The van der Waals surface area contributed by atoms with E-state index in [2.05, 4.69) is 5.32 Å². The normalized spacial score (nSPS) is 15.9. The molecular formula is C15H24FNO2. The summed E-state index contributed by atoms with van der Waals surface area (Å²) in [6.07, 6.45) is 0.603. The molecule has 0 bridgehead atoms. The molecular weight excluding hydrogens is 245 g/mol. The van der Waals surface area contributed by atoms with Gasteiger partial charge in [0.05, 0.1) is 5.60 Å². The summed E-state index contributed by atoms with van der Waals surface area (Å²) in [6, 6.07) is 4.47. The molecule has 3 nitrogen and oxygen atoms in total. The van der Waals surface area contributed by atoms with Crippen molar-refractivity contribution in [3.63, 3.8) is 0 Å². The van der Waals surface area contributed by atoms with Gasteiger partial charge in [0.25, 0.3) is 0 Å². The van der Waals surface area contributed by atoms with Gasteiger partial charge < -0.3 is 15.2 Å². The van der Waals surface area contributed by atoms with Gasteiger partial charge in [0.1, 0.15) is 18.2 Å². The van der Waals surface area contributed by atoms with Gasteiger partial charge in [0.15, 0.2) is 0 Å². The highest BCUT2D eigenvalue weighted by Gasteiger charge is 2.20. The minimum Gasteiger partial charge on any atom is -0.490 e. The van der Waals surface area contributed by atoms with E-state index >= 15 is 0 Å². The summed E-state index contributed by atoms with van der Waals surface area (Å²) in [4.78, 5) is 0. The summed E-state index contributed by atoms with van der Waals surface area (Å²) in [6.45, 7) is 8.58.